The van der Waals surface area contributed by atoms with E-state index in [1.807, 2.05) is 19.1 Å². The van der Waals surface area contributed by atoms with Gasteiger partial charge in [0.25, 0.3) is 5.78 Å². The lowest BCUT2D eigenvalue weighted by atomic mass is 9.96. The van der Waals surface area contributed by atoms with E-state index < -0.39 is 17.9 Å². The second-order valence-corrected chi connectivity index (χ2v) is 5.73. The number of carbonyl (C=O) groups is 2. The molecule has 1 fully saturated rings. The van der Waals surface area contributed by atoms with E-state index in [1.54, 1.807) is 36.4 Å². The van der Waals surface area contributed by atoms with Crippen molar-refractivity contribution in [2.45, 2.75) is 13.0 Å². The van der Waals surface area contributed by atoms with Crippen LogP contribution in [-0.2, 0) is 14.3 Å². The SMILES string of the molecule is Cc1ccc(C(O)=C2C(=O)C(=O)OC2c2ccc(Cl)cc2)cc1. The van der Waals surface area contributed by atoms with Gasteiger partial charge < -0.3 is 9.84 Å². The van der Waals surface area contributed by atoms with Gasteiger partial charge in [0.2, 0.25) is 0 Å². The zero-order valence-electron chi connectivity index (χ0n) is 12.2. The fourth-order valence-corrected chi connectivity index (χ4v) is 2.55. The van der Waals surface area contributed by atoms with Gasteiger partial charge in [-0.25, -0.2) is 4.79 Å². The minimum atomic E-state index is -0.974. The van der Waals surface area contributed by atoms with Crippen molar-refractivity contribution in [3.8, 4) is 0 Å². The van der Waals surface area contributed by atoms with Crippen molar-refractivity contribution >= 4 is 29.1 Å². The summed E-state index contributed by atoms with van der Waals surface area (Å²) in [6.45, 7) is 1.91. The summed E-state index contributed by atoms with van der Waals surface area (Å²) in [6.07, 6.45) is -0.937. The predicted molar refractivity (Wildman–Crippen MR) is 86.0 cm³/mol. The molecule has 1 N–H and O–H groups in total. The van der Waals surface area contributed by atoms with Gasteiger partial charge in [-0.2, -0.15) is 0 Å². The number of Topliss-reactive ketones (excluding diaryl/α,β-unsaturated/α-hetero) is 1. The number of benzene rings is 2. The van der Waals surface area contributed by atoms with Gasteiger partial charge in [0, 0.05) is 10.6 Å². The van der Waals surface area contributed by atoms with Crippen LogP contribution in [-0.4, -0.2) is 16.9 Å². The minimum absolute atomic E-state index is 0.0545. The lowest BCUT2D eigenvalue weighted by molar-refractivity contribution is -0.149. The van der Waals surface area contributed by atoms with Crippen molar-refractivity contribution in [1.82, 2.24) is 0 Å². The Morgan fingerprint density at radius 3 is 2.26 bits per heavy atom. The number of ketones is 1. The first-order chi connectivity index (χ1) is 11.0. The van der Waals surface area contributed by atoms with Crippen molar-refractivity contribution in [3.63, 3.8) is 0 Å². The molecule has 1 saturated heterocycles. The molecule has 0 spiro atoms. The molecule has 23 heavy (non-hydrogen) atoms. The summed E-state index contributed by atoms with van der Waals surface area (Å²) in [5.41, 5.74) is 1.99. The Morgan fingerprint density at radius 2 is 1.65 bits per heavy atom. The molecule has 1 heterocycles. The number of hydrogen-bond donors (Lipinski definition) is 1. The standard InChI is InChI=1S/C18H13ClO4/c1-10-2-4-11(5-3-10)15(20)14-16(21)18(22)23-17(14)12-6-8-13(19)9-7-12/h2-9,17,20H,1H3. The molecule has 1 atom stereocenters. The third kappa shape index (κ3) is 2.85. The lowest BCUT2D eigenvalue weighted by Crippen LogP contribution is -2.08. The van der Waals surface area contributed by atoms with E-state index in [9.17, 15) is 14.7 Å². The van der Waals surface area contributed by atoms with Gasteiger partial charge in [-0.3, -0.25) is 4.79 Å². The number of hydrogen-bond acceptors (Lipinski definition) is 4. The van der Waals surface area contributed by atoms with E-state index in [1.165, 1.54) is 0 Å². The minimum Gasteiger partial charge on any atom is -0.507 e. The highest BCUT2D eigenvalue weighted by molar-refractivity contribution is 6.44. The lowest BCUT2D eigenvalue weighted by Gasteiger charge is -2.12. The third-order valence-electron chi connectivity index (χ3n) is 3.67. The average molecular weight is 329 g/mol. The molecular weight excluding hydrogens is 316 g/mol. The van der Waals surface area contributed by atoms with Gasteiger partial charge in [-0.1, -0.05) is 53.6 Å². The molecule has 2 aromatic rings. The molecule has 1 unspecified atom stereocenters. The zero-order chi connectivity index (χ0) is 16.6. The summed E-state index contributed by atoms with van der Waals surface area (Å²) < 4.78 is 5.13. The quantitative estimate of drug-likeness (QED) is 0.394. The van der Waals surface area contributed by atoms with Crippen molar-refractivity contribution in [3.05, 3.63) is 75.8 Å². The van der Waals surface area contributed by atoms with Crippen molar-refractivity contribution in [2.75, 3.05) is 0 Å². The second kappa shape index (κ2) is 5.89. The highest BCUT2D eigenvalue weighted by Gasteiger charge is 2.42. The van der Waals surface area contributed by atoms with Gasteiger partial charge in [0.1, 0.15) is 5.76 Å². The Kier molecular flexibility index (Phi) is 3.92. The topological polar surface area (TPSA) is 63.6 Å². The Labute approximate surface area is 138 Å². The maximum absolute atomic E-state index is 12.1. The molecule has 4 nitrogen and oxygen atoms in total. The van der Waals surface area contributed by atoms with Crippen LogP contribution in [0.25, 0.3) is 5.76 Å². The molecule has 0 saturated carbocycles. The van der Waals surface area contributed by atoms with E-state index in [0.717, 1.165) is 5.56 Å². The summed E-state index contributed by atoms with van der Waals surface area (Å²) in [4.78, 5) is 23.8. The first kappa shape index (κ1) is 15.3. The molecule has 0 amide bonds. The Hall–Kier alpha value is -2.59. The summed E-state index contributed by atoms with van der Waals surface area (Å²) in [6, 6.07) is 13.6. The molecule has 0 radical (unpaired) electrons. The fraction of sp³-hybridized carbons (Fsp3) is 0.111. The highest BCUT2D eigenvalue weighted by Crippen LogP contribution is 2.37. The summed E-state index contributed by atoms with van der Waals surface area (Å²) in [5, 5.41) is 11.0. The molecule has 1 aliphatic rings. The first-order valence-electron chi connectivity index (χ1n) is 6.98. The van der Waals surface area contributed by atoms with Gasteiger partial charge in [0.05, 0.1) is 5.57 Å². The summed E-state index contributed by atoms with van der Waals surface area (Å²) >= 11 is 5.85. The monoisotopic (exact) mass is 328 g/mol. The number of halogens is 1. The van der Waals surface area contributed by atoms with Crippen LogP contribution in [0, 0.1) is 6.92 Å². The van der Waals surface area contributed by atoms with Crippen LogP contribution in [0.2, 0.25) is 5.02 Å². The van der Waals surface area contributed by atoms with Gasteiger partial charge in [0.15, 0.2) is 6.10 Å². The number of aryl methyl sites for hydroxylation is 1. The molecule has 0 aliphatic carbocycles. The van der Waals surface area contributed by atoms with Crippen molar-refractivity contribution in [1.29, 1.82) is 0 Å². The maximum atomic E-state index is 12.1. The van der Waals surface area contributed by atoms with E-state index >= 15 is 0 Å². The van der Waals surface area contributed by atoms with Crippen molar-refractivity contribution < 1.29 is 19.4 Å². The Morgan fingerprint density at radius 1 is 1.04 bits per heavy atom. The number of aliphatic hydroxyl groups excluding tert-OH is 1. The van der Waals surface area contributed by atoms with E-state index in [4.69, 9.17) is 16.3 Å². The smallest absolute Gasteiger partial charge is 0.380 e. The highest BCUT2D eigenvalue weighted by atomic mass is 35.5. The first-order valence-corrected chi connectivity index (χ1v) is 7.36. The average Bonchev–Trinajstić information content (AvgIpc) is 2.84. The Bertz CT molecular complexity index is 804. The van der Waals surface area contributed by atoms with E-state index in [0.29, 0.717) is 16.1 Å². The van der Waals surface area contributed by atoms with Crippen LogP contribution in [0.5, 0.6) is 0 Å². The Balaban J connectivity index is 2.10. The number of cyclic esters (lactones) is 1. The number of rotatable bonds is 2. The van der Waals surface area contributed by atoms with Gasteiger partial charge in [-0.15, -0.1) is 0 Å². The molecule has 1 aliphatic heterocycles. The largest absolute Gasteiger partial charge is 0.507 e. The fourth-order valence-electron chi connectivity index (χ4n) is 2.42. The van der Waals surface area contributed by atoms with E-state index in [2.05, 4.69) is 0 Å². The summed E-state index contributed by atoms with van der Waals surface area (Å²) in [7, 11) is 0. The van der Waals surface area contributed by atoms with Crippen molar-refractivity contribution in [2.24, 2.45) is 0 Å². The normalized spacial score (nSPS) is 19.7. The number of carbonyl (C=O) groups excluding carboxylic acids is 2. The number of esters is 1. The van der Waals surface area contributed by atoms with Crippen LogP contribution in [0.1, 0.15) is 22.8 Å². The molecule has 0 aromatic heterocycles. The maximum Gasteiger partial charge on any atom is 0.380 e. The van der Waals surface area contributed by atoms with Crippen LogP contribution in [0.15, 0.2) is 54.1 Å². The zero-order valence-corrected chi connectivity index (χ0v) is 13.0. The van der Waals surface area contributed by atoms with Crippen LogP contribution in [0.4, 0.5) is 0 Å². The van der Waals surface area contributed by atoms with Crippen LogP contribution >= 0.6 is 11.6 Å². The molecule has 2 aromatic carbocycles. The van der Waals surface area contributed by atoms with E-state index in [-0.39, 0.29) is 11.3 Å². The second-order valence-electron chi connectivity index (χ2n) is 5.29. The molecule has 3 rings (SSSR count). The third-order valence-corrected chi connectivity index (χ3v) is 3.92. The van der Waals surface area contributed by atoms with Gasteiger partial charge in [-0.05, 0) is 24.6 Å². The number of aliphatic hydroxyl groups is 1. The number of ether oxygens (including phenoxy) is 1. The van der Waals surface area contributed by atoms with Crippen LogP contribution < -0.4 is 0 Å². The molecule has 116 valence electrons. The molecule has 0 bridgehead atoms. The van der Waals surface area contributed by atoms with Gasteiger partial charge >= 0.3 is 5.97 Å². The molecule has 5 heteroatoms. The van der Waals surface area contributed by atoms with Crippen LogP contribution in [0.3, 0.4) is 0 Å². The predicted octanol–water partition coefficient (Wildman–Crippen LogP) is 3.78. The summed E-state index contributed by atoms with van der Waals surface area (Å²) in [5.74, 6) is -2.05. The molecular formula is C18H13ClO4.